The number of benzene rings is 1. The van der Waals surface area contributed by atoms with Gasteiger partial charge in [-0.1, -0.05) is 0 Å². The molecule has 0 saturated carbocycles. The van der Waals surface area contributed by atoms with E-state index in [-0.39, 0.29) is 28.1 Å². The van der Waals surface area contributed by atoms with E-state index in [9.17, 15) is 9.50 Å². The molecule has 0 fully saturated rings. The lowest BCUT2D eigenvalue weighted by Gasteiger charge is -2.10. The molecular weight excluding hydrogens is 257 g/mol. The van der Waals surface area contributed by atoms with Crippen LogP contribution >= 0.6 is 15.9 Å². The molecule has 3 N–H and O–H groups in total. The van der Waals surface area contributed by atoms with E-state index in [0.717, 1.165) is 6.07 Å². The maximum Gasteiger partial charge on any atom is 0.172 e. The molecule has 4 nitrogen and oxygen atoms in total. The number of ether oxygens (including phenoxy) is 1. The number of hydrogen-bond acceptors (Lipinski definition) is 4. The standard InChI is InChI=1S/C8H9BrFNO3/c1-14-6-2-5(10)4(3-11-13)7(9)8(6)12/h2,11-13H,3H2,1H3. The van der Waals surface area contributed by atoms with Gasteiger partial charge < -0.3 is 15.1 Å². The third kappa shape index (κ3) is 1.97. The molecule has 0 spiro atoms. The van der Waals surface area contributed by atoms with Crippen LogP contribution in [0.1, 0.15) is 5.56 Å². The van der Waals surface area contributed by atoms with Gasteiger partial charge in [-0.05, 0) is 15.9 Å². The highest BCUT2D eigenvalue weighted by Gasteiger charge is 2.15. The summed E-state index contributed by atoms with van der Waals surface area (Å²) in [6, 6.07) is 1.05. The van der Waals surface area contributed by atoms with Gasteiger partial charge in [0.15, 0.2) is 11.5 Å². The molecule has 0 aliphatic carbocycles. The number of methoxy groups -OCH3 is 1. The molecule has 0 amide bonds. The number of phenols is 1. The molecule has 0 aromatic heterocycles. The Labute approximate surface area is 88.4 Å². The molecular formula is C8H9BrFNO3. The van der Waals surface area contributed by atoms with Crippen LogP contribution in [0.2, 0.25) is 0 Å². The van der Waals surface area contributed by atoms with Crippen LogP contribution in [0, 0.1) is 5.82 Å². The summed E-state index contributed by atoms with van der Waals surface area (Å²) in [6.07, 6.45) is 0. The number of hydrogen-bond donors (Lipinski definition) is 3. The van der Waals surface area contributed by atoms with Crippen molar-refractivity contribution in [3.63, 3.8) is 0 Å². The smallest absolute Gasteiger partial charge is 0.172 e. The van der Waals surface area contributed by atoms with Crippen LogP contribution < -0.4 is 10.2 Å². The molecule has 0 aliphatic rings. The molecule has 6 heteroatoms. The van der Waals surface area contributed by atoms with Gasteiger partial charge in [-0.15, -0.1) is 0 Å². The Morgan fingerprint density at radius 2 is 2.29 bits per heavy atom. The normalized spacial score (nSPS) is 10.3. The van der Waals surface area contributed by atoms with Crippen LogP contribution in [0.5, 0.6) is 11.5 Å². The topological polar surface area (TPSA) is 61.7 Å². The summed E-state index contributed by atoms with van der Waals surface area (Å²) in [7, 11) is 1.32. The van der Waals surface area contributed by atoms with Crippen molar-refractivity contribution in [3.8, 4) is 11.5 Å². The maximum atomic E-state index is 13.3. The van der Waals surface area contributed by atoms with Crippen molar-refractivity contribution >= 4 is 15.9 Å². The first-order chi connectivity index (χ1) is 6.61. The molecule has 0 atom stereocenters. The molecule has 1 rings (SSSR count). The molecule has 1 aromatic carbocycles. The summed E-state index contributed by atoms with van der Waals surface area (Å²) in [5.41, 5.74) is 1.94. The maximum absolute atomic E-state index is 13.3. The number of nitrogens with one attached hydrogen (secondary N) is 1. The van der Waals surface area contributed by atoms with Crippen molar-refractivity contribution < 1.29 is 19.4 Å². The van der Waals surface area contributed by atoms with E-state index in [2.05, 4.69) is 15.9 Å². The average Bonchev–Trinajstić information content (AvgIpc) is 2.18. The molecule has 0 bridgehead atoms. The average molecular weight is 266 g/mol. The monoisotopic (exact) mass is 265 g/mol. The van der Waals surface area contributed by atoms with Crippen LogP contribution in [0.3, 0.4) is 0 Å². The lowest BCUT2D eigenvalue weighted by Crippen LogP contribution is -2.09. The molecule has 0 aliphatic heterocycles. The summed E-state index contributed by atoms with van der Waals surface area (Å²) in [5, 5.41) is 17.9. The second-order valence-electron chi connectivity index (χ2n) is 2.54. The predicted molar refractivity (Wildman–Crippen MR) is 50.9 cm³/mol. The lowest BCUT2D eigenvalue weighted by molar-refractivity contribution is 0.159. The molecule has 0 heterocycles. The number of hydroxylamine groups is 1. The van der Waals surface area contributed by atoms with Gasteiger partial charge in [0, 0.05) is 18.2 Å². The first-order valence-corrected chi connectivity index (χ1v) is 4.52. The summed E-state index contributed by atoms with van der Waals surface area (Å²) in [5.74, 6) is -0.733. The summed E-state index contributed by atoms with van der Waals surface area (Å²) in [6.45, 7) is -0.107. The Morgan fingerprint density at radius 1 is 1.64 bits per heavy atom. The number of halogens is 2. The predicted octanol–water partition coefficient (Wildman–Crippen LogP) is 1.78. The van der Waals surface area contributed by atoms with Gasteiger partial charge in [-0.3, -0.25) is 0 Å². The summed E-state index contributed by atoms with van der Waals surface area (Å²) in [4.78, 5) is 0. The van der Waals surface area contributed by atoms with Gasteiger partial charge >= 0.3 is 0 Å². The van der Waals surface area contributed by atoms with Crippen molar-refractivity contribution in [1.29, 1.82) is 0 Å². The second-order valence-corrected chi connectivity index (χ2v) is 3.33. The third-order valence-corrected chi connectivity index (χ3v) is 2.58. The second kappa shape index (κ2) is 4.59. The van der Waals surface area contributed by atoms with Crippen molar-refractivity contribution in [2.75, 3.05) is 7.11 Å². The van der Waals surface area contributed by atoms with E-state index in [0.29, 0.717) is 0 Å². The summed E-state index contributed by atoms with van der Waals surface area (Å²) < 4.78 is 18.2. The minimum Gasteiger partial charge on any atom is -0.503 e. The first kappa shape index (κ1) is 11.2. The number of rotatable bonds is 3. The van der Waals surface area contributed by atoms with Crippen molar-refractivity contribution in [1.82, 2.24) is 5.48 Å². The molecule has 0 radical (unpaired) electrons. The number of phenolic OH excluding ortho intramolecular Hbond substituents is 1. The van der Waals surface area contributed by atoms with Crippen molar-refractivity contribution in [3.05, 3.63) is 21.9 Å². The fourth-order valence-corrected chi connectivity index (χ4v) is 1.55. The Hall–Kier alpha value is -0.850. The zero-order chi connectivity index (χ0) is 10.7. The highest BCUT2D eigenvalue weighted by molar-refractivity contribution is 9.10. The minimum absolute atomic E-state index is 0.0380. The van der Waals surface area contributed by atoms with Gasteiger partial charge in [0.25, 0.3) is 0 Å². The number of aromatic hydroxyl groups is 1. The van der Waals surface area contributed by atoms with Crippen LogP contribution in [0.15, 0.2) is 10.5 Å². The zero-order valence-electron chi connectivity index (χ0n) is 7.34. The van der Waals surface area contributed by atoms with Gasteiger partial charge in [0.05, 0.1) is 11.6 Å². The molecule has 1 aromatic rings. The van der Waals surface area contributed by atoms with E-state index < -0.39 is 5.82 Å². The van der Waals surface area contributed by atoms with Crippen LogP contribution in [-0.4, -0.2) is 17.4 Å². The highest BCUT2D eigenvalue weighted by atomic mass is 79.9. The van der Waals surface area contributed by atoms with E-state index in [4.69, 9.17) is 9.94 Å². The zero-order valence-corrected chi connectivity index (χ0v) is 8.93. The van der Waals surface area contributed by atoms with Gasteiger partial charge in [-0.2, -0.15) is 0 Å². The van der Waals surface area contributed by atoms with Crippen molar-refractivity contribution in [2.24, 2.45) is 0 Å². The Morgan fingerprint density at radius 3 is 2.79 bits per heavy atom. The summed E-state index contributed by atoms with van der Waals surface area (Å²) >= 11 is 3.00. The molecule has 0 saturated heterocycles. The quantitative estimate of drug-likeness (QED) is 0.730. The molecule has 0 unspecified atom stereocenters. The Bertz CT molecular complexity index is 346. The van der Waals surface area contributed by atoms with Crippen LogP contribution in [0.25, 0.3) is 0 Å². The van der Waals surface area contributed by atoms with Crippen LogP contribution in [0.4, 0.5) is 4.39 Å². The largest absolute Gasteiger partial charge is 0.503 e. The fraction of sp³-hybridized carbons (Fsp3) is 0.250. The Balaban J connectivity index is 3.26. The minimum atomic E-state index is -0.576. The molecule has 14 heavy (non-hydrogen) atoms. The van der Waals surface area contributed by atoms with Gasteiger partial charge in [-0.25, -0.2) is 9.87 Å². The lowest BCUT2D eigenvalue weighted by atomic mass is 10.2. The van der Waals surface area contributed by atoms with E-state index in [1.54, 1.807) is 0 Å². The van der Waals surface area contributed by atoms with E-state index in [1.165, 1.54) is 7.11 Å². The third-order valence-electron chi connectivity index (χ3n) is 1.73. The molecule has 78 valence electrons. The highest BCUT2D eigenvalue weighted by Crippen LogP contribution is 2.38. The fourth-order valence-electron chi connectivity index (χ4n) is 1.02. The first-order valence-electron chi connectivity index (χ1n) is 3.72. The SMILES string of the molecule is COc1cc(F)c(CNO)c(Br)c1O. The van der Waals surface area contributed by atoms with Gasteiger partial charge in [0.2, 0.25) is 0 Å². The van der Waals surface area contributed by atoms with E-state index >= 15 is 0 Å². The van der Waals surface area contributed by atoms with Gasteiger partial charge in [0.1, 0.15) is 5.82 Å². The van der Waals surface area contributed by atoms with E-state index in [1.807, 2.05) is 5.48 Å². The van der Waals surface area contributed by atoms with Crippen molar-refractivity contribution in [2.45, 2.75) is 6.54 Å². The van der Waals surface area contributed by atoms with Crippen LogP contribution in [-0.2, 0) is 6.54 Å². The Kier molecular flexibility index (Phi) is 3.68.